The van der Waals surface area contributed by atoms with E-state index in [0.29, 0.717) is 18.8 Å². The molecule has 4 aromatic rings. The molecule has 0 fully saturated rings. The Bertz CT molecular complexity index is 994. The first kappa shape index (κ1) is 14.3. The van der Waals surface area contributed by atoms with E-state index in [-0.39, 0.29) is 5.69 Å². The highest BCUT2D eigenvalue weighted by Crippen LogP contribution is 2.31. The van der Waals surface area contributed by atoms with Crippen molar-refractivity contribution in [2.75, 3.05) is 0 Å². The Kier molecular flexibility index (Phi) is 3.59. The minimum atomic E-state index is -0.293. The average molecular weight is 321 g/mol. The van der Waals surface area contributed by atoms with Gasteiger partial charge < -0.3 is 8.98 Å². The first-order valence-corrected chi connectivity index (χ1v) is 7.59. The summed E-state index contributed by atoms with van der Waals surface area (Å²) in [6.07, 6.45) is 5.94. The monoisotopic (exact) mass is 321 g/mol. The summed E-state index contributed by atoms with van der Waals surface area (Å²) in [7, 11) is 0. The molecule has 0 saturated heterocycles. The number of nitrogens with zero attached hydrogens (tertiary/aromatic N) is 3. The van der Waals surface area contributed by atoms with Crippen molar-refractivity contribution in [1.82, 2.24) is 24.7 Å². The molecule has 1 aromatic carbocycles. The maximum absolute atomic E-state index is 11.1. The summed E-state index contributed by atoms with van der Waals surface area (Å²) in [6.45, 7) is 0.655. The van der Waals surface area contributed by atoms with Crippen molar-refractivity contribution in [1.29, 1.82) is 0 Å². The lowest BCUT2D eigenvalue weighted by molar-refractivity contribution is 0.582. The molecule has 0 unspecified atom stereocenters. The van der Waals surface area contributed by atoms with Crippen molar-refractivity contribution in [2.45, 2.75) is 13.0 Å². The predicted molar refractivity (Wildman–Crippen MR) is 88.3 cm³/mol. The van der Waals surface area contributed by atoms with E-state index in [0.717, 1.165) is 22.7 Å². The number of hydrogen-bond donors (Lipinski definition) is 2. The molecule has 7 nitrogen and oxygen atoms in total. The lowest BCUT2D eigenvalue weighted by atomic mass is 10.0. The van der Waals surface area contributed by atoms with Gasteiger partial charge in [0.15, 0.2) is 0 Å². The van der Waals surface area contributed by atoms with Gasteiger partial charge in [0.25, 0.3) is 0 Å². The summed E-state index contributed by atoms with van der Waals surface area (Å²) >= 11 is 0. The van der Waals surface area contributed by atoms with Gasteiger partial charge in [0, 0.05) is 36.5 Å². The van der Waals surface area contributed by atoms with Crippen molar-refractivity contribution < 1.29 is 4.42 Å². The second-order valence-corrected chi connectivity index (χ2v) is 5.34. The molecule has 0 amide bonds. The number of aromatic nitrogens is 5. The van der Waals surface area contributed by atoms with E-state index < -0.39 is 0 Å². The molecular formula is C17H15N5O2. The molecule has 120 valence electrons. The van der Waals surface area contributed by atoms with Crippen LogP contribution in [-0.2, 0) is 13.0 Å². The molecule has 24 heavy (non-hydrogen) atoms. The molecular weight excluding hydrogens is 306 g/mol. The molecule has 7 heteroatoms. The third-order valence-electron chi connectivity index (χ3n) is 3.81. The molecule has 4 rings (SSSR count). The number of hydrogen-bond acceptors (Lipinski definition) is 4. The van der Waals surface area contributed by atoms with Crippen LogP contribution in [0.3, 0.4) is 0 Å². The molecule has 3 heterocycles. The third kappa shape index (κ3) is 2.67. The van der Waals surface area contributed by atoms with Crippen LogP contribution in [0, 0.1) is 0 Å². The van der Waals surface area contributed by atoms with E-state index >= 15 is 0 Å². The van der Waals surface area contributed by atoms with E-state index in [2.05, 4.69) is 20.2 Å². The van der Waals surface area contributed by atoms with Crippen LogP contribution < -0.4 is 5.69 Å². The van der Waals surface area contributed by atoms with Gasteiger partial charge in [-0.1, -0.05) is 24.3 Å². The first-order chi connectivity index (χ1) is 11.8. The Hall–Kier alpha value is -3.35. The van der Waals surface area contributed by atoms with Crippen molar-refractivity contribution in [2.24, 2.45) is 0 Å². The number of aryl methyl sites for hydroxylation is 2. The number of imidazole rings is 1. The largest absolute Gasteiger partial charge is 0.464 e. The normalized spacial score (nSPS) is 11.0. The highest BCUT2D eigenvalue weighted by Gasteiger charge is 2.13. The third-order valence-corrected chi connectivity index (χ3v) is 3.81. The van der Waals surface area contributed by atoms with Gasteiger partial charge in [-0.15, -0.1) is 0 Å². The van der Waals surface area contributed by atoms with Crippen molar-refractivity contribution >= 4 is 0 Å². The number of benzene rings is 1. The van der Waals surface area contributed by atoms with Crippen LogP contribution in [-0.4, -0.2) is 24.7 Å². The lowest BCUT2D eigenvalue weighted by Crippen LogP contribution is -2.05. The first-order valence-electron chi connectivity index (χ1n) is 7.59. The van der Waals surface area contributed by atoms with Gasteiger partial charge in [-0.25, -0.2) is 14.9 Å². The highest BCUT2D eigenvalue weighted by molar-refractivity contribution is 5.78. The predicted octanol–water partition coefficient (Wildman–Crippen LogP) is 2.46. The van der Waals surface area contributed by atoms with E-state index in [9.17, 15) is 4.79 Å². The summed E-state index contributed by atoms with van der Waals surface area (Å²) in [4.78, 5) is 18.3. The summed E-state index contributed by atoms with van der Waals surface area (Å²) in [6, 6.07) is 11.8. The number of nitrogens with one attached hydrogen (secondary N) is 2. The van der Waals surface area contributed by atoms with Gasteiger partial charge >= 0.3 is 5.69 Å². The molecule has 3 aromatic heterocycles. The van der Waals surface area contributed by atoms with E-state index in [1.807, 2.05) is 47.2 Å². The van der Waals surface area contributed by atoms with Crippen LogP contribution in [0.2, 0.25) is 0 Å². The summed E-state index contributed by atoms with van der Waals surface area (Å²) in [5, 5.41) is 6.31. The maximum atomic E-state index is 11.1. The van der Waals surface area contributed by atoms with Gasteiger partial charge in [-0.05, 0) is 12.1 Å². The quantitative estimate of drug-likeness (QED) is 0.590. The van der Waals surface area contributed by atoms with Crippen LogP contribution in [0.1, 0.15) is 5.82 Å². The van der Waals surface area contributed by atoms with Crippen molar-refractivity contribution in [3.8, 4) is 22.7 Å². The fraction of sp³-hybridized carbons (Fsp3) is 0.118. The number of furan rings is 1. The van der Waals surface area contributed by atoms with Gasteiger partial charge in [-0.2, -0.15) is 5.10 Å². The zero-order valence-corrected chi connectivity index (χ0v) is 12.8. The Morgan fingerprint density at radius 2 is 2.00 bits per heavy atom. The second-order valence-electron chi connectivity index (χ2n) is 5.34. The Balaban J connectivity index is 1.67. The highest BCUT2D eigenvalue weighted by atomic mass is 16.3. The van der Waals surface area contributed by atoms with Crippen LogP contribution in [0.4, 0.5) is 0 Å². The van der Waals surface area contributed by atoms with E-state index in [1.54, 1.807) is 12.5 Å². The summed E-state index contributed by atoms with van der Waals surface area (Å²) < 4.78 is 7.58. The van der Waals surface area contributed by atoms with Crippen LogP contribution in [0.15, 0.2) is 64.3 Å². The number of rotatable bonds is 5. The minimum Gasteiger partial charge on any atom is -0.464 e. The Morgan fingerprint density at radius 1 is 1.12 bits per heavy atom. The van der Waals surface area contributed by atoms with E-state index in [4.69, 9.17) is 4.42 Å². The molecule has 0 saturated carbocycles. The average Bonchev–Trinajstić information content (AvgIpc) is 3.35. The fourth-order valence-corrected chi connectivity index (χ4v) is 2.71. The summed E-state index contributed by atoms with van der Waals surface area (Å²) in [5.41, 5.74) is 1.69. The molecule has 0 aliphatic rings. The molecule has 0 atom stereocenters. The number of aromatic amines is 2. The van der Waals surface area contributed by atoms with E-state index in [1.165, 1.54) is 0 Å². The summed E-state index contributed by atoms with van der Waals surface area (Å²) in [5.74, 6) is 2.27. The topological polar surface area (TPSA) is 92.5 Å². The standard InChI is InChI=1S/C17H15N5O2/c23-17-19-15(20-21-17)7-9-22-10-8-18-16(22)13-5-2-1-4-12(13)14-6-3-11-24-14/h1-6,8,10-11H,7,9H2,(H2,19,20,21,23). The van der Waals surface area contributed by atoms with Crippen LogP contribution >= 0.6 is 0 Å². The van der Waals surface area contributed by atoms with Gasteiger partial charge in [0.2, 0.25) is 0 Å². The van der Waals surface area contributed by atoms with Crippen molar-refractivity contribution in [3.05, 3.63) is 71.4 Å². The zero-order valence-electron chi connectivity index (χ0n) is 12.8. The second kappa shape index (κ2) is 6.04. The fourth-order valence-electron chi connectivity index (χ4n) is 2.71. The smallest absolute Gasteiger partial charge is 0.340 e. The maximum Gasteiger partial charge on any atom is 0.340 e. The SMILES string of the molecule is O=c1[nH]nc(CCn2ccnc2-c2ccccc2-c2ccco2)[nH]1. The molecule has 0 radical (unpaired) electrons. The zero-order chi connectivity index (χ0) is 16.4. The molecule has 0 aliphatic carbocycles. The van der Waals surface area contributed by atoms with Gasteiger partial charge in [0.05, 0.1) is 6.26 Å². The van der Waals surface area contributed by atoms with Crippen LogP contribution in [0.25, 0.3) is 22.7 Å². The minimum absolute atomic E-state index is 0.293. The molecule has 0 spiro atoms. The van der Waals surface area contributed by atoms with Crippen molar-refractivity contribution in [3.63, 3.8) is 0 Å². The number of H-pyrrole nitrogens is 2. The molecule has 2 N–H and O–H groups in total. The van der Waals surface area contributed by atoms with Gasteiger partial charge in [-0.3, -0.25) is 4.98 Å². The van der Waals surface area contributed by atoms with Crippen LogP contribution in [0.5, 0.6) is 0 Å². The Morgan fingerprint density at radius 3 is 2.75 bits per heavy atom. The lowest BCUT2D eigenvalue weighted by Gasteiger charge is -2.10. The van der Waals surface area contributed by atoms with Gasteiger partial charge in [0.1, 0.15) is 17.4 Å². The molecule has 0 bridgehead atoms. The Labute approximate surface area is 137 Å². The molecule has 0 aliphatic heterocycles.